The minimum atomic E-state index is -0.683. The zero-order valence-electron chi connectivity index (χ0n) is 23.6. The van der Waals surface area contributed by atoms with Gasteiger partial charge < -0.3 is 9.84 Å². The lowest BCUT2D eigenvalue weighted by atomic mass is 10.0. The molecule has 1 atom stereocenters. The van der Waals surface area contributed by atoms with Crippen LogP contribution in [-0.2, 0) is 14.3 Å². The van der Waals surface area contributed by atoms with Gasteiger partial charge in [0.2, 0.25) is 0 Å². The van der Waals surface area contributed by atoms with E-state index in [4.69, 9.17) is 9.84 Å². The van der Waals surface area contributed by atoms with Crippen molar-refractivity contribution in [1.82, 2.24) is 0 Å². The van der Waals surface area contributed by atoms with Gasteiger partial charge in [-0.15, -0.1) is 0 Å². The van der Waals surface area contributed by atoms with Gasteiger partial charge in [-0.1, -0.05) is 136 Å². The van der Waals surface area contributed by atoms with Gasteiger partial charge in [-0.2, -0.15) is 0 Å². The van der Waals surface area contributed by atoms with Gasteiger partial charge in [0.25, 0.3) is 0 Å². The third-order valence-corrected chi connectivity index (χ3v) is 7.08. The van der Waals surface area contributed by atoms with Gasteiger partial charge in [-0.05, 0) is 32.1 Å². The van der Waals surface area contributed by atoms with Crippen molar-refractivity contribution in [2.24, 2.45) is 0 Å². The van der Waals surface area contributed by atoms with E-state index in [9.17, 15) is 9.59 Å². The molecule has 0 aliphatic rings. The van der Waals surface area contributed by atoms with E-state index in [0.717, 1.165) is 64.2 Å². The Bertz CT molecular complexity index is 463. The molecule has 35 heavy (non-hydrogen) atoms. The molecule has 0 aliphatic heterocycles. The highest BCUT2D eigenvalue weighted by Crippen LogP contribution is 2.18. The summed E-state index contributed by atoms with van der Waals surface area (Å²) in [4.78, 5) is 22.9. The van der Waals surface area contributed by atoms with Gasteiger partial charge >= 0.3 is 11.9 Å². The fourth-order valence-electron chi connectivity index (χ4n) is 4.76. The van der Waals surface area contributed by atoms with E-state index in [2.05, 4.69) is 13.8 Å². The molecular weight excluding hydrogens is 436 g/mol. The van der Waals surface area contributed by atoms with Crippen molar-refractivity contribution in [2.45, 2.75) is 187 Å². The van der Waals surface area contributed by atoms with E-state index >= 15 is 0 Å². The molecule has 0 radical (unpaired) electrons. The highest BCUT2D eigenvalue weighted by molar-refractivity contribution is 5.69. The topological polar surface area (TPSA) is 63.6 Å². The summed E-state index contributed by atoms with van der Waals surface area (Å²) in [5.74, 6) is -0.669. The standard InChI is InChI=1S/C31H60O4/c1-3-5-7-8-9-10-11-12-13-18-21-24-28-31(34)35-29(25-6-4-2)26-22-19-16-14-15-17-20-23-27-30(32)33/h29H,3-28H2,1-2H3,(H,32,33). The number of esters is 1. The fourth-order valence-corrected chi connectivity index (χ4v) is 4.76. The monoisotopic (exact) mass is 496 g/mol. The number of aliphatic carboxylic acids is 1. The van der Waals surface area contributed by atoms with E-state index in [0.29, 0.717) is 12.8 Å². The minimum Gasteiger partial charge on any atom is -0.481 e. The Hall–Kier alpha value is -1.06. The van der Waals surface area contributed by atoms with E-state index in [-0.39, 0.29) is 12.1 Å². The van der Waals surface area contributed by atoms with Crippen LogP contribution in [0.4, 0.5) is 0 Å². The first-order chi connectivity index (χ1) is 17.1. The van der Waals surface area contributed by atoms with Crippen molar-refractivity contribution < 1.29 is 19.4 Å². The Labute approximate surface area is 218 Å². The maximum Gasteiger partial charge on any atom is 0.306 e. The van der Waals surface area contributed by atoms with Crippen molar-refractivity contribution in [2.75, 3.05) is 0 Å². The van der Waals surface area contributed by atoms with Crippen LogP contribution in [0, 0.1) is 0 Å². The number of hydrogen-bond acceptors (Lipinski definition) is 3. The van der Waals surface area contributed by atoms with Crippen molar-refractivity contribution in [3.63, 3.8) is 0 Å². The van der Waals surface area contributed by atoms with Crippen LogP contribution in [-0.4, -0.2) is 23.1 Å². The number of carbonyl (C=O) groups is 2. The minimum absolute atomic E-state index is 0.0135. The Morgan fingerprint density at radius 1 is 0.514 bits per heavy atom. The van der Waals surface area contributed by atoms with E-state index < -0.39 is 5.97 Å². The Kier molecular flexibility index (Phi) is 26.7. The lowest BCUT2D eigenvalue weighted by Crippen LogP contribution is -2.18. The van der Waals surface area contributed by atoms with Crippen LogP contribution >= 0.6 is 0 Å². The zero-order valence-corrected chi connectivity index (χ0v) is 23.6. The lowest BCUT2D eigenvalue weighted by Gasteiger charge is -2.18. The Morgan fingerprint density at radius 2 is 0.886 bits per heavy atom. The summed E-state index contributed by atoms with van der Waals surface area (Å²) in [6.45, 7) is 4.47. The molecular formula is C31H60O4. The summed E-state index contributed by atoms with van der Waals surface area (Å²) >= 11 is 0. The summed E-state index contributed by atoms with van der Waals surface area (Å²) in [7, 11) is 0. The number of rotatable bonds is 28. The zero-order chi connectivity index (χ0) is 25.8. The molecule has 0 aromatic carbocycles. The summed E-state index contributed by atoms with van der Waals surface area (Å²) < 4.78 is 5.86. The summed E-state index contributed by atoms with van der Waals surface area (Å²) in [5, 5.41) is 8.66. The molecule has 0 bridgehead atoms. The largest absolute Gasteiger partial charge is 0.481 e. The first kappa shape index (κ1) is 33.9. The summed E-state index contributed by atoms with van der Waals surface area (Å²) in [6.07, 6.45) is 30.0. The normalized spacial score (nSPS) is 12.1. The summed E-state index contributed by atoms with van der Waals surface area (Å²) in [6, 6.07) is 0. The van der Waals surface area contributed by atoms with Crippen molar-refractivity contribution in [3.8, 4) is 0 Å². The van der Waals surface area contributed by atoms with E-state index in [1.165, 1.54) is 89.9 Å². The number of carboxylic acid groups (broad SMARTS) is 1. The number of ether oxygens (including phenoxy) is 1. The molecule has 0 heterocycles. The molecule has 1 unspecified atom stereocenters. The number of carbonyl (C=O) groups excluding carboxylic acids is 1. The van der Waals surface area contributed by atoms with Gasteiger partial charge in [0.05, 0.1) is 0 Å². The second kappa shape index (κ2) is 27.5. The van der Waals surface area contributed by atoms with Gasteiger partial charge in [0.1, 0.15) is 6.10 Å². The molecule has 0 aromatic heterocycles. The van der Waals surface area contributed by atoms with Crippen molar-refractivity contribution in [3.05, 3.63) is 0 Å². The molecule has 4 nitrogen and oxygen atoms in total. The summed E-state index contributed by atoms with van der Waals surface area (Å²) in [5.41, 5.74) is 0. The third-order valence-electron chi connectivity index (χ3n) is 7.08. The molecule has 0 aliphatic carbocycles. The molecule has 0 amide bonds. The number of carboxylic acids is 1. The van der Waals surface area contributed by atoms with Crippen LogP contribution in [0.5, 0.6) is 0 Å². The third kappa shape index (κ3) is 27.4. The molecule has 4 heteroatoms. The van der Waals surface area contributed by atoms with Crippen LogP contribution in [0.1, 0.15) is 181 Å². The predicted molar refractivity (Wildman–Crippen MR) is 149 cm³/mol. The highest BCUT2D eigenvalue weighted by atomic mass is 16.5. The van der Waals surface area contributed by atoms with Crippen LogP contribution in [0.25, 0.3) is 0 Å². The quantitative estimate of drug-likeness (QED) is 0.0864. The lowest BCUT2D eigenvalue weighted by molar-refractivity contribution is -0.150. The number of unbranched alkanes of at least 4 members (excludes halogenated alkanes) is 19. The van der Waals surface area contributed by atoms with Crippen molar-refractivity contribution >= 4 is 11.9 Å². The van der Waals surface area contributed by atoms with Crippen LogP contribution in [0.2, 0.25) is 0 Å². The molecule has 0 rings (SSSR count). The average molecular weight is 497 g/mol. The maximum absolute atomic E-state index is 12.3. The predicted octanol–water partition coefficient (Wildman–Crippen LogP) is 10.2. The Balaban J connectivity index is 3.67. The molecule has 0 saturated carbocycles. The number of hydrogen-bond donors (Lipinski definition) is 1. The van der Waals surface area contributed by atoms with E-state index in [1.807, 2.05) is 0 Å². The SMILES string of the molecule is CCCCCCCCCCCCCCC(=O)OC(CCCC)CCCCCCCCCCC(=O)O. The fraction of sp³-hybridized carbons (Fsp3) is 0.935. The van der Waals surface area contributed by atoms with Gasteiger partial charge in [0, 0.05) is 12.8 Å². The molecule has 0 aromatic rings. The first-order valence-corrected chi connectivity index (χ1v) is 15.5. The van der Waals surface area contributed by atoms with Crippen LogP contribution in [0.3, 0.4) is 0 Å². The van der Waals surface area contributed by atoms with Crippen molar-refractivity contribution in [1.29, 1.82) is 0 Å². The molecule has 0 fully saturated rings. The molecule has 1 N–H and O–H groups in total. The van der Waals surface area contributed by atoms with Gasteiger partial charge in [-0.3, -0.25) is 9.59 Å². The molecule has 208 valence electrons. The van der Waals surface area contributed by atoms with Crippen LogP contribution in [0.15, 0.2) is 0 Å². The second-order valence-electron chi connectivity index (χ2n) is 10.7. The first-order valence-electron chi connectivity index (χ1n) is 15.5. The highest BCUT2D eigenvalue weighted by Gasteiger charge is 2.13. The average Bonchev–Trinajstić information content (AvgIpc) is 2.83. The Morgan fingerprint density at radius 3 is 1.34 bits per heavy atom. The molecule has 0 spiro atoms. The van der Waals surface area contributed by atoms with Gasteiger partial charge in [0.15, 0.2) is 0 Å². The van der Waals surface area contributed by atoms with Crippen LogP contribution < -0.4 is 0 Å². The maximum atomic E-state index is 12.3. The smallest absolute Gasteiger partial charge is 0.306 e. The molecule has 0 saturated heterocycles. The second-order valence-corrected chi connectivity index (χ2v) is 10.7. The van der Waals surface area contributed by atoms with E-state index in [1.54, 1.807) is 0 Å². The van der Waals surface area contributed by atoms with Gasteiger partial charge in [-0.25, -0.2) is 0 Å².